The Kier molecular flexibility index (Phi) is 6.49. The van der Waals surface area contributed by atoms with Crippen LogP contribution in [0.5, 0.6) is 0 Å². The van der Waals surface area contributed by atoms with Gasteiger partial charge in [-0.2, -0.15) is 4.98 Å². The van der Waals surface area contributed by atoms with Gasteiger partial charge in [-0.15, -0.1) is 22.7 Å². The van der Waals surface area contributed by atoms with E-state index in [1.54, 1.807) is 36.5 Å². The molecule has 0 bridgehead atoms. The Morgan fingerprint density at radius 3 is 2.54 bits per heavy atom. The van der Waals surface area contributed by atoms with E-state index < -0.39 is 29.8 Å². The molecule has 10 heteroatoms. The monoisotopic (exact) mass is 511 g/mol. The lowest BCUT2D eigenvalue weighted by Crippen LogP contribution is -2.40. The second-order valence-corrected chi connectivity index (χ2v) is 11.6. The molecule has 3 heterocycles. The first-order valence-corrected chi connectivity index (χ1v) is 13.3. The SMILES string of the molecule is Cc1nc(NCc2cccs2)nc(NC2CC(C(C)(C)O)C(O)C2O)c1-c1nc2ccccc2s1. The zero-order valence-electron chi connectivity index (χ0n) is 19.8. The number of aliphatic hydroxyl groups excluding tert-OH is 2. The molecule has 4 unspecified atom stereocenters. The predicted molar refractivity (Wildman–Crippen MR) is 141 cm³/mol. The Hall–Kier alpha value is -2.63. The van der Waals surface area contributed by atoms with Gasteiger partial charge in [0.1, 0.15) is 16.9 Å². The van der Waals surface area contributed by atoms with Crippen LogP contribution in [0.2, 0.25) is 0 Å². The molecule has 5 N–H and O–H groups in total. The minimum Gasteiger partial charge on any atom is -0.390 e. The summed E-state index contributed by atoms with van der Waals surface area (Å²) >= 11 is 3.21. The van der Waals surface area contributed by atoms with Gasteiger partial charge in [-0.3, -0.25) is 0 Å². The third-order valence-electron chi connectivity index (χ3n) is 6.51. The Balaban J connectivity index is 1.52. The van der Waals surface area contributed by atoms with E-state index in [0.29, 0.717) is 24.7 Å². The van der Waals surface area contributed by atoms with Crippen molar-refractivity contribution in [3.63, 3.8) is 0 Å². The van der Waals surface area contributed by atoms with Crippen LogP contribution in [0.15, 0.2) is 41.8 Å². The van der Waals surface area contributed by atoms with Gasteiger partial charge in [0.15, 0.2) is 0 Å². The fraction of sp³-hybridized carbons (Fsp3) is 0.400. The highest BCUT2D eigenvalue weighted by Gasteiger charge is 2.47. The molecule has 1 fully saturated rings. The normalized spacial score (nSPS) is 22.6. The summed E-state index contributed by atoms with van der Waals surface area (Å²) in [6.07, 6.45) is -1.70. The number of nitrogens with one attached hydrogen (secondary N) is 2. The van der Waals surface area contributed by atoms with Crippen molar-refractivity contribution in [1.82, 2.24) is 15.0 Å². The first-order valence-electron chi connectivity index (χ1n) is 11.6. The molecule has 3 aromatic heterocycles. The molecule has 4 atom stereocenters. The number of hydrogen-bond donors (Lipinski definition) is 5. The molecule has 0 saturated heterocycles. The average molecular weight is 512 g/mol. The number of hydrogen-bond acceptors (Lipinski definition) is 10. The molecule has 35 heavy (non-hydrogen) atoms. The maximum Gasteiger partial charge on any atom is 0.225 e. The van der Waals surface area contributed by atoms with E-state index in [4.69, 9.17) is 15.0 Å². The van der Waals surface area contributed by atoms with Crippen molar-refractivity contribution >= 4 is 44.7 Å². The molecule has 5 rings (SSSR count). The summed E-state index contributed by atoms with van der Waals surface area (Å²) in [4.78, 5) is 15.4. The second-order valence-electron chi connectivity index (χ2n) is 9.50. The third kappa shape index (κ3) is 4.89. The number of anilines is 2. The van der Waals surface area contributed by atoms with Gasteiger partial charge in [-0.25, -0.2) is 9.97 Å². The van der Waals surface area contributed by atoms with Crippen molar-refractivity contribution in [2.45, 2.75) is 57.6 Å². The average Bonchev–Trinajstić information content (AvgIpc) is 3.53. The molecule has 4 aromatic rings. The van der Waals surface area contributed by atoms with Gasteiger partial charge in [0, 0.05) is 10.8 Å². The van der Waals surface area contributed by atoms with E-state index >= 15 is 0 Å². The largest absolute Gasteiger partial charge is 0.390 e. The molecule has 1 aromatic carbocycles. The standard InChI is InChI=1S/C25H29N5O3S2/c1-13-19(23-29-16-8-4-5-9-18(16)35-23)22(30-24(27-13)26-12-14-7-6-10-34-14)28-17-11-15(25(2,3)33)20(31)21(17)32/h4-10,15,17,20-21,31-33H,11-12H2,1-3H3,(H2,26,27,28,30). The fourth-order valence-electron chi connectivity index (χ4n) is 4.63. The summed E-state index contributed by atoms with van der Waals surface area (Å²) < 4.78 is 1.06. The van der Waals surface area contributed by atoms with E-state index in [0.717, 1.165) is 26.5 Å². The summed E-state index contributed by atoms with van der Waals surface area (Å²) in [5.74, 6) is 0.536. The minimum atomic E-state index is -1.12. The van der Waals surface area contributed by atoms with Crippen LogP contribution in [0.1, 0.15) is 30.8 Å². The molecule has 0 spiro atoms. The number of aromatic nitrogens is 3. The topological polar surface area (TPSA) is 123 Å². The smallest absolute Gasteiger partial charge is 0.225 e. The van der Waals surface area contributed by atoms with Gasteiger partial charge in [0.25, 0.3) is 0 Å². The molecular weight excluding hydrogens is 482 g/mol. The number of benzene rings is 1. The highest BCUT2D eigenvalue weighted by atomic mass is 32.1. The number of fused-ring (bicyclic) bond motifs is 1. The summed E-state index contributed by atoms with van der Waals surface area (Å²) in [5, 5.41) is 41.4. The van der Waals surface area contributed by atoms with E-state index in [9.17, 15) is 15.3 Å². The van der Waals surface area contributed by atoms with Crippen LogP contribution in [0.4, 0.5) is 11.8 Å². The van der Waals surface area contributed by atoms with E-state index in [-0.39, 0.29) is 0 Å². The van der Waals surface area contributed by atoms with Crippen LogP contribution < -0.4 is 10.6 Å². The van der Waals surface area contributed by atoms with Gasteiger partial charge in [0.2, 0.25) is 5.95 Å². The molecule has 0 aliphatic heterocycles. The lowest BCUT2D eigenvalue weighted by molar-refractivity contribution is -0.0601. The Bertz CT molecular complexity index is 1290. The number of nitrogens with zero attached hydrogens (tertiary/aromatic N) is 3. The second kappa shape index (κ2) is 9.44. The van der Waals surface area contributed by atoms with Crippen LogP contribution in [-0.4, -0.2) is 54.1 Å². The summed E-state index contributed by atoms with van der Waals surface area (Å²) in [6.45, 7) is 5.83. The number of rotatable bonds is 7. The van der Waals surface area contributed by atoms with E-state index in [1.165, 1.54) is 4.88 Å². The van der Waals surface area contributed by atoms with Gasteiger partial charge in [-0.05, 0) is 50.8 Å². The molecule has 184 valence electrons. The van der Waals surface area contributed by atoms with Gasteiger partial charge in [0.05, 0.1) is 45.8 Å². The first-order chi connectivity index (χ1) is 16.7. The van der Waals surface area contributed by atoms with Crippen molar-refractivity contribution in [2.75, 3.05) is 10.6 Å². The van der Waals surface area contributed by atoms with Crippen LogP contribution in [0, 0.1) is 12.8 Å². The highest BCUT2D eigenvalue weighted by Crippen LogP contribution is 2.40. The summed E-state index contributed by atoms with van der Waals surface area (Å²) in [5.41, 5.74) is 1.29. The van der Waals surface area contributed by atoms with Crippen LogP contribution in [0.3, 0.4) is 0 Å². The lowest BCUT2D eigenvalue weighted by Gasteiger charge is -2.28. The zero-order valence-corrected chi connectivity index (χ0v) is 21.4. The zero-order chi connectivity index (χ0) is 24.7. The van der Waals surface area contributed by atoms with Crippen molar-refractivity contribution in [2.24, 2.45) is 5.92 Å². The van der Waals surface area contributed by atoms with Gasteiger partial charge >= 0.3 is 0 Å². The molecule has 1 aliphatic carbocycles. The van der Waals surface area contributed by atoms with Crippen molar-refractivity contribution in [3.05, 3.63) is 52.3 Å². The number of aliphatic hydroxyl groups is 3. The summed E-state index contributed by atoms with van der Waals surface area (Å²) in [6, 6.07) is 11.5. The number of aryl methyl sites for hydroxylation is 1. The lowest BCUT2D eigenvalue weighted by atomic mass is 9.88. The molecule has 0 radical (unpaired) electrons. The quantitative estimate of drug-likeness (QED) is 0.252. The summed E-state index contributed by atoms with van der Waals surface area (Å²) in [7, 11) is 0. The number of thiophene rings is 1. The molecule has 1 saturated carbocycles. The molecule has 0 amide bonds. The van der Waals surface area contributed by atoms with Crippen LogP contribution >= 0.6 is 22.7 Å². The maximum atomic E-state index is 10.8. The third-order valence-corrected chi connectivity index (χ3v) is 8.44. The first kappa shape index (κ1) is 24.1. The number of thiazole rings is 1. The van der Waals surface area contributed by atoms with E-state index in [2.05, 4.69) is 10.6 Å². The van der Waals surface area contributed by atoms with Gasteiger partial charge < -0.3 is 26.0 Å². The molecular formula is C25H29N5O3S2. The Morgan fingerprint density at radius 1 is 1.06 bits per heavy atom. The van der Waals surface area contributed by atoms with Crippen molar-refractivity contribution < 1.29 is 15.3 Å². The maximum absolute atomic E-state index is 10.8. The van der Waals surface area contributed by atoms with E-state index in [1.807, 2.05) is 48.7 Å². The predicted octanol–water partition coefficient (Wildman–Crippen LogP) is 4.03. The molecule has 8 nitrogen and oxygen atoms in total. The Labute approximate surface area is 211 Å². The van der Waals surface area contributed by atoms with Crippen LogP contribution in [-0.2, 0) is 6.54 Å². The van der Waals surface area contributed by atoms with Crippen molar-refractivity contribution in [3.8, 4) is 10.6 Å². The minimum absolute atomic E-state index is 0.395. The molecule has 1 aliphatic rings. The van der Waals surface area contributed by atoms with Gasteiger partial charge in [-0.1, -0.05) is 18.2 Å². The highest BCUT2D eigenvalue weighted by molar-refractivity contribution is 7.21. The Morgan fingerprint density at radius 2 is 1.86 bits per heavy atom. The van der Waals surface area contributed by atoms with Crippen LogP contribution in [0.25, 0.3) is 20.8 Å². The fourth-order valence-corrected chi connectivity index (χ4v) is 6.33. The number of para-hydroxylation sites is 1. The van der Waals surface area contributed by atoms with Crippen molar-refractivity contribution in [1.29, 1.82) is 0 Å².